The third kappa shape index (κ3) is 2.97. The minimum atomic E-state index is -0.125. The minimum Gasteiger partial charge on any atom is -0.440 e. The summed E-state index contributed by atoms with van der Waals surface area (Å²) < 4.78 is 5.48. The number of guanidine groups is 1. The van der Waals surface area contributed by atoms with E-state index in [0.717, 1.165) is 22.9 Å². The molecule has 0 aliphatic rings. The highest BCUT2D eigenvalue weighted by Crippen LogP contribution is 2.19. The van der Waals surface area contributed by atoms with E-state index in [1.165, 1.54) is 0 Å². The molecule has 7 heteroatoms. The fourth-order valence-corrected chi connectivity index (χ4v) is 1.81. The van der Waals surface area contributed by atoms with Gasteiger partial charge in [0.25, 0.3) is 0 Å². The minimum absolute atomic E-state index is 0.0345. The Hall–Kier alpha value is -2.02. The van der Waals surface area contributed by atoms with E-state index in [4.69, 9.17) is 21.3 Å². The van der Waals surface area contributed by atoms with Gasteiger partial charge in [-0.1, -0.05) is 23.9 Å². The van der Waals surface area contributed by atoms with Crippen molar-refractivity contribution in [3.8, 4) is 0 Å². The monoisotopic (exact) mass is 249 g/mol. The van der Waals surface area contributed by atoms with Crippen LogP contribution in [0.4, 0.5) is 0 Å². The van der Waals surface area contributed by atoms with Gasteiger partial charge < -0.3 is 15.9 Å². The molecule has 0 unspecified atom stereocenters. The molecule has 6 nitrogen and oxygen atoms in total. The molecule has 0 fully saturated rings. The number of aromatic nitrogens is 1. The summed E-state index contributed by atoms with van der Waals surface area (Å²) >= 11 is 1.15. The number of nitrogens with one attached hydrogen (secondary N) is 1. The summed E-state index contributed by atoms with van der Waals surface area (Å²) in [6.07, 6.45) is 0. The maximum absolute atomic E-state index is 7.45. The lowest BCUT2D eigenvalue weighted by Crippen LogP contribution is -2.23. The fraction of sp³-hybridized carbons (Fsp3) is 0.100. The third-order valence-corrected chi connectivity index (χ3v) is 2.66. The Morgan fingerprint density at radius 1 is 1.41 bits per heavy atom. The van der Waals surface area contributed by atoms with Crippen LogP contribution in [0.15, 0.2) is 33.7 Å². The Bertz CT molecular complexity index is 540. The number of aliphatic imine (C=N–C) groups is 1. The predicted molar refractivity (Wildman–Crippen MR) is 68.8 cm³/mol. The highest BCUT2D eigenvalue weighted by Gasteiger charge is 2.06. The summed E-state index contributed by atoms with van der Waals surface area (Å²) in [5, 5.41) is 7.48. The Balaban J connectivity index is 2.04. The maximum Gasteiger partial charge on any atom is 0.205 e. The lowest BCUT2D eigenvalue weighted by atomic mass is 10.3. The van der Waals surface area contributed by atoms with Crippen molar-refractivity contribution in [3.63, 3.8) is 0 Å². The Kier molecular flexibility index (Phi) is 3.29. The molecule has 0 atom stereocenters. The molecule has 88 valence electrons. The Morgan fingerprint density at radius 2 is 2.18 bits per heavy atom. The molecule has 5 N–H and O–H groups in total. The van der Waals surface area contributed by atoms with Gasteiger partial charge in [0.1, 0.15) is 5.52 Å². The average Bonchev–Trinajstić information content (AvgIpc) is 2.68. The summed E-state index contributed by atoms with van der Waals surface area (Å²) in [6.45, 7) is 0. The van der Waals surface area contributed by atoms with Crippen molar-refractivity contribution >= 4 is 34.0 Å². The van der Waals surface area contributed by atoms with E-state index < -0.39 is 0 Å². The summed E-state index contributed by atoms with van der Waals surface area (Å²) in [4.78, 5) is 7.86. The molecule has 0 radical (unpaired) electrons. The van der Waals surface area contributed by atoms with Crippen molar-refractivity contribution in [2.24, 2.45) is 16.5 Å². The molecule has 0 spiro atoms. The molecule has 17 heavy (non-hydrogen) atoms. The Morgan fingerprint density at radius 3 is 2.88 bits per heavy atom. The van der Waals surface area contributed by atoms with Gasteiger partial charge in [-0.25, -0.2) is 4.98 Å². The number of nitrogens with zero attached hydrogens (tertiary/aromatic N) is 2. The van der Waals surface area contributed by atoms with Crippen LogP contribution < -0.4 is 11.5 Å². The zero-order valence-corrected chi connectivity index (χ0v) is 9.70. The van der Waals surface area contributed by atoms with Gasteiger partial charge in [0, 0.05) is 0 Å². The van der Waals surface area contributed by atoms with Crippen LogP contribution in [0, 0.1) is 5.41 Å². The topological polar surface area (TPSA) is 114 Å². The average molecular weight is 249 g/mol. The third-order valence-electron chi connectivity index (χ3n) is 1.90. The number of para-hydroxylation sites is 2. The quantitative estimate of drug-likeness (QED) is 0.547. The lowest BCUT2D eigenvalue weighted by molar-refractivity contribution is 0.556. The van der Waals surface area contributed by atoms with E-state index in [9.17, 15) is 0 Å². The van der Waals surface area contributed by atoms with Crippen LogP contribution in [0.3, 0.4) is 0 Å². The van der Waals surface area contributed by atoms with Gasteiger partial charge in [-0.3, -0.25) is 5.41 Å². The molecular weight excluding hydrogens is 238 g/mol. The van der Waals surface area contributed by atoms with Crippen molar-refractivity contribution in [2.75, 3.05) is 0 Å². The maximum atomic E-state index is 7.45. The number of benzene rings is 1. The Labute approximate surface area is 102 Å². The SMILES string of the molecule is N=C(N=C(N)N)SCc1nc2ccccc2o1. The molecule has 0 bridgehead atoms. The van der Waals surface area contributed by atoms with Gasteiger partial charge in [0.2, 0.25) is 5.89 Å². The van der Waals surface area contributed by atoms with Gasteiger partial charge in [-0.15, -0.1) is 0 Å². The smallest absolute Gasteiger partial charge is 0.205 e. The number of amidine groups is 1. The molecule has 2 aromatic rings. The molecular formula is C10H11N5OS. The van der Waals surface area contributed by atoms with Gasteiger partial charge in [-0.05, 0) is 12.1 Å². The molecule has 1 aromatic carbocycles. The van der Waals surface area contributed by atoms with Crippen LogP contribution in [0.1, 0.15) is 5.89 Å². The van der Waals surface area contributed by atoms with Gasteiger partial charge in [-0.2, -0.15) is 4.99 Å². The van der Waals surface area contributed by atoms with Crippen LogP contribution in [0.2, 0.25) is 0 Å². The molecule has 0 aliphatic carbocycles. The van der Waals surface area contributed by atoms with Crippen LogP contribution in [-0.2, 0) is 5.75 Å². The molecule has 0 saturated heterocycles. The van der Waals surface area contributed by atoms with E-state index >= 15 is 0 Å². The molecule has 0 amide bonds. The number of hydrogen-bond donors (Lipinski definition) is 3. The van der Waals surface area contributed by atoms with Crippen LogP contribution in [0.5, 0.6) is 0 Å². The van der Waals surface area contributed by atoms with Crippen LogP contribution in [-0.4, -0.2) is 16.1 Å². The largest absolute Gasteiger partial charge is 0.440 e. The first-order valence-electron chi connectivity index (χ1n) is 4.80. The number of rotatable bonds is 2. The highest BCUT2D eigenvalue weighted by molar-refractivity contribution is 8.13. The van der Waals surface area contributed by atoms with E-state index in [0.29, 0.717) is 11.6 Å². The van der Waals surface area contributed by atoms with Crippen molar-refractivity contribution in [1.82, 2.24) is 4.98 Å². The van der Waals surface area contributed by atoms with Crippen molar-refractivity contribution < 1.29 is 4.42 Å². The molecule has 2 rings (SSSR count). The number of thioether (sulfide) groups is 1. The van der Waals surface area contributed by atoms with Gasteiger partial charge in [0.15, 0.2) is 16.7 Å². The van der Waals surface area contributed by atoms with Crippen molar-refractivity contribution in [1.29, 1.82) is 5.41 Å². The first kappa shape index (κ1) is 11.5. The number of fused-ring (bicyclic) bond motifs is 1. The summed E-state index contributed by atoms with van der Waals surface area (Å²) in [7, 11) is 0. The van der Waals surface area contributed by atoms with Crippen molar-refractivity contribution in [3.05, 3.63) is 30.2 Å². The second-order valence-corrected chi connectivity index (χ2v) is 4.17. The summed E-state index contributed by atoms with van der Waals surface area (Å²) in [5.74, 6) is 0.844. The van der Waals surface area contributed by atoms with Crippen LogP contribution in [0.25, 0.3) is 11.1 Å². The van der Waals surface area contributed by atoms with Crippen molar-refractivity contribution in [2.45, 2.75) is 5.75 Å². The van der Waals surface area contributed by atoms with E-state index in [1.54, 1.807) is 0 Å². The number of nitrogens with two attached hydrogens (primary N) is 2. The summed E-state index contributed by atoms with van der Waals surface area (Å²) in [6, 6.07) is 7.49. The van der Waals surface area contributed by atoms with Gasteiger partial charge in [0.05, 0.1) is 5.75 Å². The van der Waals surface area contributed by atoms with Crippen LogP contribution >= 0.6 is 11.8 Å². The normalized spacial score (nSPS) is 10.4. The molecule has 0 saturated carbocycles. The molecule has 1 aromatic heterocycles. The van der Waals surface area contributed by atoms with E-state index in [1.807, 2.05) is 24.3 Å². The summed E-state index contributed by atoms with van der Waals surface area (Å²) in [5.41, 5.74) is 11.9. The number of oxazole rings is 1. The second kappa shape index (κ2) is 4.88. The standard InChI is InChI=1S/C10H11N5OS/c11-9(12)15-10(13)17-5-8-14-6-3-1-2-4-7(6)16-8/h1-4H,5H2,(H5,11,12,13,15). The molecule has 1 heterocycles. The second-order valence-electron chi connectivity index (χ2n) is 3.21. The number of hydrogen-bond acceptors (Lipinski definition) is 4. The predicted octanol–water partition coefficient (Wildman–Crippen LogP) is 1.27. The van der Waals surface area contributed by atoms with E-state index in [2.05, 4.69) is 9.98 Å². The van der Waals surface area contributed by atoms with E-state index in [-0.39, 0.29) is 11.1 Å². The first-order chi connectivity index (χ1) is 8.15. The zero-order chi connectivity index (χ0) is 12.3. The lowest BCUT2D eigenvalue weighted by Gasteiger charge is -1.95. The fourth-order valence-electron chi connectivity index (χ4n) is 1.26. The zero-order valence-electron chi connectivity index (χ0n) is 8.88. The molecule has 0 aliphatic heterocycles. The highest BCUT2D eigenvalue weighted by atomic mass is 32.2. The van der Waals surface area contributed by atoms with Gasteiger partial charge >= 0.3 is 0 Å². The first-order valence-corrected chi connectivity index (χ1v) is 5.79.